The summed E-state index contributed by atoms with van der Waals surface area (Å²) < 4.78 is 10.8. The lowest BCUT2D eigenvalue weighted by Gasteiger charge is -2.36. The Hall–Kier alpha value is -2.15. The molecule has 0 spiro atoms. The zero-order chi connectivity index (χ0) is 16.9. The molecule has 0 atom stereocenters. The highest BCUT2D eigenvalue weighted by atomic mass is 16.7. The lowest BCUT2D eigenvalue weighted by molar-refractivity contribution is 0.174. The van der Waals surface area contributed by atoms with Gasteiger partial charge in [-0.3, -0.25) is 0 Å². The van der Waals surface area contributed by atoms with Crippen LogP contribution in [0.1, 0.15) is 6.42 Å². The third kappa shape index (κ3) is 4.03. The van der Waals surface area contributed by atoms with Crippen molar-refractivity contribution in [2.24, 2.45) is 0 Å². The van der Waals surface area contributed by atoms with Crippen LogP contribution >= 0.6 is 0 Å². The van der Waals surface area contributed by atoms with E-state index in [9.17, 15) is 4.79 Å². The van der Waals surface area contributed by atoms with Crippen molar-refractivity contribution in [2.45, 2.75) is 6.42 Å². The SMILES string of the molecule is CN(C)CCCNC(=O)N1CCN(c2ccc3c(c2)OCO3)CC1. The molecule has 1 aromatic rings. The van der Waals surface area contributed by atoms with Gasteiger partial charge in [-0.1, -0.05) is 0 Å². The Labute approximate surface area is 143 Å². The molecular formula is C17H26N4O3. The monoisotopic (exact) mass is 334 g/mol. The number of piperazine rings is 1. The Morgan fingerprint density at radius 2 is 1.92 bits per heavy atom. The Balaban J connectivity index is 1.44. The Bertz CT molecular complexity index is 571. The van der Waals surface area contributed by atoms with Crippen molar-refractivity contribution >= 4 is 11.7 Å². The van der Waals surface area contributed by atoms with Crippen LogP contribution in [-0.2, 0) is 0 Å². The summed E-state index contributed by atoms with van der Waals surface area (Å²) in [5, 5.41) is 3.00. The van der Waals surface area contributed by atoms with E-state index in [1.807, 2.05) is 37.2 Å². The summed E-state index contributed by atoms with van der Waals surface area (Å²) in [4.78, 5) is 18.5. The predicted molar refractivity (Wildman–Crippen MR) is 92.9 cm³/mol. The second-order valence-corrected chi connectivity index (χ2v) is 6.40. The maximum absolute atomic E-state index is 12.2. The van der Waals surface area contributed by atoms with Gasteiger partial charge in [-0.05, 0) is 39.2 Å². The molecule has 1 saturated heterocycles. The number of fused-ring (bicyclic) bond motifs is 1. The van der Waals surface area contributed by atoms with E-state index in [0.29, 0.717) is 6.79 Å². The summed E-state index contributed by atoms with van der Waals surface area (Å²) in [5.41, 5.74) is 1.12. The first-order valence-corrected chi connectivity index (χ1v) is 8.45. The molecule has 0 radical (unpaired) electrons. The molecule has 2 amide bonds. The fourth-order valence-corrected chi connectivity index (χ4v) is 2.95. The topological polar surface area (TPSA) is 57.3 Å². The number of ether oxygens (including phenoxy) is 2. The van der Waals surface area contributed by atoms with Gasteiger partial charge >= 0.3 is 6.03 Å². The minimum absolute atomic E-state index is 0.0408. The summed E-state index contributed by atoms with van der Waals surface area (Å²) in [5.74, 6) is 1.60. The van der Waals surface area contributed by atoms with Gasteiger partial charge < -0.3 is 29.5 Å². The number of nitrogens with one attached hydrogen (secondary N) is 1. The number of benzene rings is 1. The summed E-state index contributed by atoms with van der Waals surface area (Å²) >= 11 is 0. The number of carbonyl (C=O) groups excluding carboxylic acids is 1. The molecule has 3 rings (SSSR count). The van der Waals surface area contributed by atoms with E-state index in [0.717, 1.165) is 62.9 Å². The van der Waals surface area contributed by atoms with Crippen LogP contribution in [0.25, 0.3) is 0 Å². The number of carbonyl (C=O) groups is 1. The van der Waals surface area contributed by atoms with Gasteiger partial charge in [-0.15, -0.1) is 0 Å². The first-order chi connectivity index (χ1) is 11.6. The molecule has 1 N–H and O–H groups in total. The molecule has 1 fully saturated rings. The minimum atomic E-state index is 0.0408. The van der Waals surface area contributed by atoms with Crippen molar-refractivity contribution in [3.63, 3.8) is 0 Å². The third-order valence-electron chi connectivity index (χ3n) is 4.35. The van der Waals surface area contributed by atoms with Gasteiger partial charge in [0.1, 0.15) is 0 Å². The Kier molecular flexibility index (Phi) is 5.30. The number of amides is 2. The van der Waals surface area contributed by atoms with Gasteiger partial charge in [0.2, 0.25) is 6.79 Å². The van der Waals surface area contributed by atoms with E-state index in [1.54, 1.807) is 0 Å². The molecule has 24 heavy (non-hydrogen) atoms. The highest BCUT2D eigenvalue weighted by Crippen LogP contribution is 2.35. The van der Waals surface area contributed by atoms with Crippen LogP contribution in [0, 0.1) is 0 Å². The van der Waals surface area contributed by atoms with E-state index in [1.165, 1.54) is 0 Å². The van der Waals surface area contributed by atoms with Crippen LogP contribution in [0.3, 0.4) is 0 Å². The minimum Gasteiger partial charge on any atom is -0.454 e. The molecule has 2 heterocycles. The molecule has 1 aromatic carbocycles. The number of nitrogens with zero attached hydrogens (tertiary/aromatic N) is 3. The first-order valence-electron chi connectivity index (χ1n) is 8.45. The van der Waals surface area contributed by atoms with Gasteiger partial charge in [-0.2, -0.15) is 0 Å². The zero-order valence-corrected chi connectivity index (χ0v) is 14.5. The molecule has 2 aliphatic rings. The summed E-state index contributed by atoms with van der Waals surface area (Å²) in [7, 11) is 4.08. The van der Waals surface area contributed by atoms with E-state index in [2.05, 4.69) is 15.1 Å². The van der Waals surface area contributed by atoms with E-state index < -0.39 is 0 Å². The van der Waals surface area contributed by atoms with Crippen molar-refractivity contribution in [2.75, 3.05) is 65.1 Å². The van der Waals surface area contributed by atoms with Gasteiger partial charge in [-0.25, -0.2) is 4.79 Å². The molecule has 0 aliphatic carbocycles. The molecule has 0 unspecified atom stereocenters. The summed E-state index contributed by atoms with van der Waals surface area (Å²) in [6.45, 7) is 5.11. The molecular weight excluding hydrogens is 308 g/mol. The molecule has 0 saturated carbocycles. The summed E-state index contributed by atoms with van der Waals surface area (Å²) in [6, 6.07) is 6.05. The van der Waals surface area contributed by atoms with Gasteiger partial charge in [0.05, 0.1) is 0 Å². The average molecular weight is 334 g/mol. The average Bonchev–Trinajstić information content (AvgIpc) is 3.06. The standard InChI is InChI=1S/C17H26N4O3/c1-19(2)7-3-6-18-17(22)21-10-8-20(9-11-21)14-4-5-15-16(12-14)24-13-23-15/h4-5,12H,3,6-11,13H2,1-2H3,(H,18,22). The molecule has 132 valence electrons. The van der Waals surface area contributed by atoms with Crippen LogP contribution in [0.5, 0.6) is 11.5 Å². The molecule has 0 aromatic heterocycles. The number of anilines is 1. The first kappa shape index (κ1) is 16.7. The molecule has 2 aliphatic heterocycles. The smallest absolute Gasteiger partial charge is 0.317 e. The zero-order valence-electron chi connectivity index (χ0n) is 14.5. The quantitative estimate of drug-likeness (QED) is 0.820. The lowest BCUT2D eigenvalue weighted by Crippen LogP contribution is -2.52. The molecule has 7 nitrogen and oxygen atoms in total. The maximum Gasteiger partial charge on any atom is 0.317 e. The normalized spacial score (nSPS) is 16.6. The number of hydrogen-bond donors (Lipinski definition) is 1. The Morgan fingerprint density at radius 1 is 1.17 bits per heavy atom. The third-order valence-corrected chi connectivity index (χ3v) is 4.35. The second kappa shape index (κ2) is 7.61. The second-order valence-electron chi connectivity index (χ2n) is 6.40. The van der Waals surface area contributed by atoms with Crippen molar-refractivity contribution < 1.29 is 14.3 Å². The van der Waals surface area contributed by atoms with Gasteiger partial charge in [0.25, 0.3) is 0 Å². The predicted octanol–water partition coefficient (Wildman–Crippen LogP) is 1.20. The highest BCUT2D eigenvalue weighted by Gasteiger charge is 2.22. The highest BCUT2D eigenvalue weighted by molar-refractivity contribution is 5.74. The van der Waals surface area contributed by atoms with Crippen LogP contribution in [0.15, 0.2) is 18.2 Å². The number of urea groups is 1. The van der Waals surface area contributed by atoms with Crippen molar-refractivity contribution in [3.05, 3.63) is 18.2 Å². The van der Waals surface area contributed by atoms with E-state index in [4.69, 9.17) is 9.47 Å². The Morgan fingerprint density at radius 3 is 2.67 bits per heavy atom. The van der Waals surface area contributed by atoms with Crippen molar-refractivity contribution in [1.29, 1.82) is 0 Å². The largest absolute Gasteiger partial charge is 0.454 e. The van der Waals surface area contributed by atoms with Crippen LogP contribution in [0.4, 0.5) is 10.5 Å². The van der Waals surface area contributed by atoms with Gasteiger partial charge in [0, 0.05) is 44.5 Å². The summed E-state index contributed by atoms with van der Waals surface area (Å²) in [6.07, 6.45) is 0.968. The van der Waals surface area contributed by atoms with Crippen LogP contribution in [-0.4, -0.2) is 76.0 Å². The van der Waals surface area contributed by atoms with Crippen molar-refractivity contribution in [3.8, 4) is 11.5 Å². The molecule has 7 heteroatoms. The van der Waals surface area contributed by atoms with E-state index in [-0.39, 0.29) is 6.03 Å². The van der Waals surface area contributed by atoms with Crippen LogP contribution < -0.4 is 19.7 Å². The number of hydrogen-bond acceptors (Lipinski definition) is 5. The molecule has 0 bridgehead atoms. The number of rotatable bonds is 5. The fourth-order valence-electron chi connectivity index (χ4n) is 2.95. The van der Waals surface area contributed by atoms with Crippen molar-refractivity contribution in [1.82, 2.24) is 15.1 Å². The lowest BCUT2D eigenvalue weighted by atomic mass is 10.2. The van der Waals surface area contributed by atoms with Gasteiger partial charge in [0.15, 0.2) is 11.5 Å². The van der Waals surface area contributed by atoms with Crippen LogP contribution in [0.2, 0.25) is 0 Å². The maximum atomic E-state index is 12.2. The van der Waals surface area contributed by atoms with E-state index >= 15 is 0 Å². The fraction of sp³-hybridized carbons (Fsp3) is 0.588.